The largest absolute Gasteiger partial charge is 0.222 e. The van der Waals surface area contributed by atoms with Crippen molar-refractivity contribution in [1.82, 2.24) is 0 Å². The van der Waals surface area contributed by atoms with Gasteiger partial charge in [-0.05, 0) is 24.6 Å². The van der Waals surface area contributed by atoms with Gasteiger partial charge in [-0.15, -0.1) is 0 Å². The van der Waals surface area contributed by atoms with Gasteiger partial charge in [0, 0.05) is 0 Å². The molecule has 0 aromatic heterocycles. The summed E-state index contributed by atoms with van der Waals surface area (Å²) in [5, 5.41) is 0. The maximum absolute atomic E-state index is 12.5. The third-order valence-electron chi connectivity index (χ3n) is 2.85. The lowest BCUT2D eigenvalue weighted by molar-refractivity contribution is 0.579. The zero-order valence-corrected chi connectivity index (χ0v) is 11.4. The Balaban J connectivity index is 2.55. The minimum absolute atomic E-state index is 0.228. The Morgan fingerprint density at radius 2 is 1.33 bits per heavy atom. The first-order chi connectivity index (χ1) is 8.46. The van der Waals surface area contributed by atoms with Crippen LogP contribution in [0.3, 0.4) is 0 Å². The molecule has 0 fully saturated rings. The fourth-order valence-corrected chi connectivity index (χ4v) is 3.51. The molecule has 0 aliphatic heterocycles. The van der Waals surface area contributed by atoms with E-state index < -0.39 is 14.0 Å². The van der Waals surface area contributed by atoms with Gasteiger partial charge in [-0.2, -0.15) is 0 Å². The first kappa shape index (κ1) is 13.1. The second kappa shape index (κ2) is 4.75. The van der Waals surface area contributed by atoms with Crippen molar-refractivity contribution in [2.75, 3.05) is 0 Å². The zero-order valence-electron chi connectivity index (χ0n) is 9.88. The molecule has 2 nitrogen and oxygen atoms in total. The molecule has 0 spiro atoms. The number of hydrogen-bond donors (Lipinski definition) is 0. The second-order valence-electron chi connectivity index (χ2n) is 4.10. The van der Waals surface area contributed by atoms with Crippen LogP contribution in [0.25, 0.3) is 0 Å². The predicted octanol–water partition coefficient (Wildman–Crippen LogP) is 3.57. The number of sulfone groups is 1. The average Bonchev–Trinajstić information content (AvgIpc) is 2.40. The van der Waals surface area contributed by atoms with E-state index in [4.69, 9.17) is 11.6 Å². The summed E-state index contributed by atoms with van der Waals surface area (Å²) in [6.45, 7) is 1.51. The lowest BCUT2D eigenvalue weighted by Gasteiger charge is -2.22. The Bertz CT molecular complexity index is 619. The van der Waals surface area contributed by atoms with Gasteiger partial charge < -0.3 is 0 Å². The fraction of sp³-hybridized carbons (Fsp3) is 0.143. The third-order valence-corrected chi connectivity index (χ3v) is 5.81. The highest BCUT2D eigenvalue weighted by atomic mass is 35.5. The fourth-order valence-electron chi connectivity index (χ4n) is 1.71. The molecule has 0 saturated heterocycles. The average molecular weight is 281 g/mol. The van der Waals surface area contributed by atoms with Gasteiger partial charge >= 0.3 is 0 Å². The molecular formula is C14H13ClO2S. The molecule has 4 heteroatoms. The molecule has 2 aromatic rings. The van der Waals surface area contributed by atoms with Crippen molar-refractivity contribution in [3.05, 3.63) is 66.2 Å². The number of alkyl halides is 1. The lowest BCUT2D eigenvalue weighted by Crippen LogP contribution is -2.26. The van der Waals surface area contributed by atoms with Gasteiger partial charge in [0.15, 0.2) is 4.21 Å². The Kier molecular flexibility index (Phi) is 3.46. The summed E-state index contributed by atoms with van der Waals surface area (Å²) < 4.78 is 23.6. The van der Waals surface area contributed by atoms with E-state index in [-0.39, 0.29) is 4.90 Å². The van der Waals surface area contributed by atoms with Gasteiger partial charge in [0.1, 0.15) is 0 Å². The molecule has 0 N–H and O–H groups in total. The van der Waals surface area contributed by atoms with Crippen molar-refractivity contribution in [1.29, 1.82) is 0 Å². The molecule has 0 saturated carbocycles. The van der Waals surface area contributed by atoms with Crippen LogP contribution in [0.15, 0.2) is 65.6 Å². The maximum atomic E-state index is 12.5. The van der Waals surface area contributed by atoms with Crippen molar-refractivity contribution in [3.63, 3.8) is 0 Å². The summed E-state index contributed by atoms with van der Waals surface area (Å²) >= 11 is 6.30. The van der Waals surface area contributed by atoms with Crippen LogP contribution < -0.4 is 0 Å². The Labute approximate surface area is 112 Å². The first-order valence-corrected chi connectivity index (χ1v) is 7.36. The van der Waals surface area contributed by atoms with Crippen molar-refractivity contribution < 1.29 is 8.42 Å². The van der Waals surface area contributed by atoms with E-state index in [9.17, 15) is 8.42 Å². The number of benzene rings is 2. The standard InChI is InChI=1S/C14H13ClO2S/c1-14(15,12-8-4-2-5-9-12)18(16,17)13-10-6-3-7-11-13/h2-11H,1H3. The molecule has 0 aliphatic rings. The van der Waals surface area contributed by atoms with Gasteiger partial charge in [0.2, 0.25) is 9.84 Å². The quantitative estimate of drug-likeness (QED) is 0.806. The van der Waals surface area contributed by atoms with Crippen LogP contribution in [0.4, 0.5) is 0 Å². The molecule has 18 heavy (non-hydrogen) atoms. The molecule has 0 heterocycles. The van der Waals surface area contributed by atoms with Crippen LogP contribution in [0.5, 0.6) is 0 Å². The summed E-state index contributed by atoms with van der Waals surface area (Å²) in [4.78, 5) is 0.228. The normalized spacial score (nSPS) is 15.0. The monoisotopic (exact) mass is 280 g/mol. The molecule has 0 bridgehead atoms. The first-order valence-electron chi connectivity index (χ1n) is 5.50. The zero-order chi connectivity index (χ0) is 13.2. The predicted molar refractivity (Wildman–Crippen MR) is 73.3 cm³/mol. The third kappa shape index (κ3) is 2.16. The van der Waals surface area contributed by atoms with Crippen LogP contribution >= 0.6 is 11.6 Å². The van der Waals surface area contributed by atoms with E-state index in [1.165, 1.54) is 6.92 Å². The van der Waals surface area contributed by atoms with Crippen molar-refractivity contribution in [2.24, 2.45) is 0 Å². The van der Waals surface area contributed by atoms with Gasteiger partial charge in [-0.25, -0.2) is 8.42 Å². The van der Waals surface area contributed by atoms with Crippen LogP contribution in [-0.2, 0) is 14.0 Å². The summed E-state index contributed by atoms with van der Waals surface area (Å²) in [7, 11) is -3.63. The van der Waals surface area contributed by atoms with Crippen molar-refractivity contribution >= 4 is 21.4 Å². The smallest absolute Gasteiger partial charge is 0.201 e. The van der Waals surface area contributed by atoms with Gasteiger partial charge in [0.05, 0.1) is 4.90 Å². The number of hydrogen-bond acceptors (Lipinski definition) is 2. The van der Waals surface area contributed by atoms with Crippen LogP contribution in [0, 0.1) is 0 Å². The highest BCUT2D eigenvalue weighted by molar-refractivity contribution is 7.93. The Hall–Kier alpha value is -1.32. The molecule has 0 aliphatic carbocycles. The van der Waals surface area contributed by atoms with Gasteiger partial charge in [-0.3, -0.25) is 0 Å². The number of halogens is 1. The highest BCUT2D eigenvalue weighted by Gasteiger charge is 2.39. The van der Waals surface area contributed by atoms with Gasteiger partial charge in [0.25, 0.3) is 0 Å². The van der Waals surface area contributed by atoms with Crippen LogP contribution in [0.1, 0.15) is 12.5 Å². The number of rotatable bonds is 3. The minimum Gasteiger partial charge on any atom is -0.222 e. The van der Waals surface area contributed by atoms with E-state index in [2.05, 4.69) is 0 Å². The van der Waals surface area contributed by atoms with E-state index in [0.717, 1.165) is 0 Å². The maximum Gasteiger partial charge on any atom is 0.201 e. The van der Waals surface area contributed by atoms with E-state index in [1.54, 1.807) is 54.6 Å². The van der Waals surface area contributed by atoms with E-state index >= 15 is 0 Å². The SMILES string of the molecule is CC(Cl)(c1ccccc1)S(=O)(=O)c1ccccc1. The summed E-state index contributed by atoms with van der Waals surface area (Å²) in [5.74, 6) is 0. The molecule has 2 aromatic carbocycles. The molecule has 94 valence electrons. The molecule has 2 rings (SSSR count). The van der Waals surface area contributed by atoms with Crippen molar-refractivity contribution in [3.8, 4) is 0 Å². The van der Waals surface area contributed by atoms with E-state index in [0.29, 0.717) is 5.56 Å². The lowest BCUT2D eigenvalue weighted by atomic mass is 10.2. The molecule has 1 unspecified atom stereocenters. The van der Waals surface area contributed by atoms with E-state index in [1.807, 2.05) is 6.07 Å². The highest BCUT2D eigenvalue weighted by Crippen LogP contribution is 2.38. The van der Waals surface area contributed by atoms with Crippen LogP contribution in [0.2, 0.25) is 0 Å². The molecule has 0 radical (unpaired) electrons. The second-order valence-corrected chi connectivity index (χ2v) is 7.37. The summed E-state index contributed by atoms with van der Waals surface area (Å²) in [6, 6.07) is 17.1. The van der Waals surface area contributed by atoms with Crippen molar-refractivity contribution in [2.45, 2.75) is 16.0 Å². The summed E-state index contributed by atoms with van der Waals surface area (Å²) in [6.07, 6.45) is 0. The summed E-state index contributed by atoms with van der Waals surface area (Å²) in [5.41, 5.74) is 0.565. The molecule has 0 amide bonds. The van der Waals surface area contributed by atoms with Crippen LogP contribution in [-0.4, -0.2) is 8.42 Å². The topological polar surface area (TPSA) is 34.1 Å². The minimum atomic E-state index is -3.63. The Morgan fingerprint density at radius 1 is 0.889 bits per heavy atom. The Morgan fingerprint density at radius 3 is 1.83 bits per heavy atom. The molecular weight excluding hydrogens is 268 g/mol. The van der Waals surface area contributed by atoms with Gasteiger partial charge in [-0.1, -0.05) is 60.1 Å². The molecule has 1 atom stereocenters.